The second-order valence-corrected chi connectivity index (χ2v) is 3.98. The monoisotopic (exact) mass is 159 g/mol. The molecule has 0 aromatic heterocycles. The third kappa shape index (κ3) is 1.40. The molecule has 0 aliphatic heterocycles. The fourth-order valence-electron chi connectivity index (χ4n) is 2.82. The van der Waals surface area contributed by atoms with E-state index in [-0.39, 0.29) is 6.42 Å². The summed E-state index contributed by atoms with van der Waals surface area (Å²) in [5, 5.41) is 0. The van der Waals surface area contributed by atoms with Gasteiger partial charge in [-0.05, 0) is 37.0 Å². The van der Waals surface area contributed by atoms with E-state index in [9.17, 15) is 8.78 Å². The first-order valence-corrected chi connectivity index (χ1v) is 4.42. The Kier molecular flexibility index (Phi) is 1.86. The molecule has 2 bridgehead atoms. The van der Waals surface area contributed by atoms with Crippen LogP contribution in [-0.2, 0) is 0 Å². The molecule has 3 atom stereocenters. The molecule has 11 heavy (non-hydrogen) atoms. The van der Waals surface area contributed by atoms with Crippen LogP contribution in [-0.4, -0.2) is 0 Å². The zero-order chi connectivity index (χ0) is 7.84. The van der Waals surface area contributed by atoms with Crippen LogP contribution < -0.4 is 0 Å². The molecule has 2 rings (SSSR count). The van der Waals surface area contributed by atoms with Gasteiger partial charge in [0.2, 0.25) is 0 Å². The molecule has 63 valence electrons. The number of hydrogen-bond acceptors (Lipinski definition) is 0. The van der Waals surface area contributed by atoms with Gasteiger partial charge >= 0.3 is 6.43 Å². The summed E-state index contributed by atoms with van der Waals surface area (Å²) in [5.41, 5.74) is 0. The van der Waals surface area contributed by atoms with Gasteiger partial charge in [-0.25, -0.2) is 0 Å². The normalized spacial score (nSPS) is 42.3. The number of rotatable bonds is 2. The van der Waals surface area contributed by atoms with Crippen molar-refractivity contribution >= 4 is 0 Å². The second kappa shape index (κ2) is 2.72. The Morgan fingerprint density at radius 3 is 2.45 bits per heavy atom. The van der Waals surface area contributed by atoms with Gasteiger partial charge < -0.3 is 0 Å². The first kappa shape index (κ1) is 7.51. The molecular formula is C9H13F2. The standard InChI is InChI=1S/C9H13F2/c10-9(11)5-8-4-6-1-2-7(8)3-6/h6-8H,1-5H2. The molecule has 0 aromatic rings. The van der Waals surface area contributed by atoms with Crippen molar-refractivity contribution in [3.63, 3.8) is 0 Å². The van der Waals surface area contributed by atoms with Gasteiger partial charge in [0, 0.05) is 6.42 Å². The van der Waals surface area contributed by atoms with Crippen LogP contribution in [0.1, 0.15) is 32.1 Å². The van der Waals surface area contributed by atoms with E-state index in [1.54, 1.807) is 0 Å². The minimum atomic E-state index is -1.36. The van der Waals surface area contributed by atoms with E-state index in [1.165, 1.54) is 19.3 Å². The van der Waals surface area contributed by atoms with Crippen molar-refractivity contribution in [2.75, 3.05) is 0 Å². The van der Waals surface area contributed by atoms with E-state index >= 15 is 0 Å². The summed E-state index contributed by atoms with van der Waals surface area (Å²) < 4.78 is 23.9. The van der Waals surface area contributed by atoms with Gasteiger partial charge in [-0.15, -0.1) is 0 Å². The zero-order valence-corrected chi connectivity index (χ0v) is 6.52. The van der Waals surface area contributed by atoms with Crippen molar-refractivity contribution in [2.24, 2.45) is 17.8 Å². The lowest BCUT2D eigenvalue weighted by molar-refractivity contribution is 0.203. The van der Waals surface area contributed by atoms with Crippen molar-refractivity contribution in [1.82, 2.24) is 0 Å². The van der Waals surface area contributed by atoms with Gasteiger partial charge in [-0.1, -0.05) is 6.42 Å². The Morgan fingerprint density at radius 2 is 2.00 bits per heavy atom. The minimum absolute atomic E-state index is 0.0845. The molecular weight excluding hydrogens is 146 g/mol. The van der Waals surface area contributed by atoms with Crippen molar-refractivity contribution in [3.8, 4) is 0 Å². The fraction of sp³-hybridized carbons (Fsp3) is 0.889. The molecule has 0 saturated heterocycles. The highest BCUT2D eigenvalue weighted by molar-refractivity contribution is 4.91. The van der Waals surface area contributed by atoms with Crippen LogP contribution in [0.5, 0.6) is 0 Å². The van der Waals surface area contributed by atoms with Crippen LogP contribution in [0.25, 0.3) is 0 Å². The van der Waals surface area contributed by atoms with E-state index in [0.29, 0.717) is 11.8 Å². The summed E-state index contributed by atoms with van der Waals surface area (Å²) in [6.07, 6.45) is 3.54. The topological polar surface area (TPSA) is 0 Å². The number of fused-ring (bicyclic) bond motifs is 2. The van der Waals surface area contributed by atoms with Crippen molar-refractivity contribution < 1.29 is 8.78 Å². The Balaban J connectivity index is 1.87. The van der Waals surface area contributed by atoms with Gasteiger partial charge in [0.25, 0.3) is 0 Å². The maximum Gasteiger partial charge on any atom is 0.310 e. The molecule has 2 fully saturated rings. The third-order valence-electron chi connectivity index (χ3n) is 3.30. The lowest BCUT2D eigenvalue weighted by Gasteiger charge is -2.20. The number of halogens is 2. The van der Waals surface area contributed by atoms with Crippen molar-refractivity contribution in [2.45, 2.75) is 32.1 Å². The molecule has 2 aliphatic carbocycles. The molecule has 2 aliphatic rings. The molecule has 0 amide bonds. The SMILES string of the molecule is F[C](F)CC1CC2CCC1C2. The molecule has 0 N–H and O–H groups in total. The maximum atomic E-state index is 11.9. The lowest BCUT2D eigenvalue weighted by atomic mass is 9.87. The van der Waals surface area contributed by atoms with Gasteiger partial charge in [0.1, 0.15) is 0 Å². The molecule has 0 heterocycles. The van der Waals surface area contributed by atoms with Crippen LogP contribution in [0.3, 0.4) is 0 Å². The molecule has 1 radical (unpaired) electrons. The molecule has 0 spiro atoms. The second-order valence-electron chi connectivity index (χ2n) is 3.98. The summed E-state index contributed by atoms with van der Waals surface area (Å²) in [5.74, 6) is 1.77. The van der Waals surface area contributed by atoms with Crippen LogP contribution >= 0.6 is 0 Å². The molecule has 0 aromatic carbocycles. The largest absolute Gasteiger partial charge is 0.310 e. The zero-order valence-electron chi connectivity index (χ0n) is 6.52. The predicted octanol–water partition coefficient (Wildman–Crippen LogP) is 3.24. The molecule has 0 nitrogen and oxygen atoms in total. The summed E-state index contributed by atoms with van der Waals surface area (Å²) in [7, 11) is 0. The van der Waals surface area contributed by atoms with Gasteiger partial charge in [0.05, 0.1) is 0 Å². The van der Waals surface area contributed by atoms with Gasteiger partial charge in [0.15, 0.2) is 0 Å². The van der Waals surface area contributed by atoms with Crippen LogP contribution in [0.2, 0.25) is 0 Å². The Bertz CT molecular complexity index is 144. The van der Waals surface area contributed by atoms with Crippen LogP contribution in [0.4, 0.5) is 8.78 Å². The van der Waals surface area contributed by atoms with E-state index < -0.39 is 6.43 Å². The summed E-state index contributed by atoms with van der Waals surface area (Å²) in [6.45, 7) is 0. The average Bonchev–Trinajstić information content (AvgIpc) is 2.45. The highest BCUT2D eigenvalue weighted by Crippen LogP contribution is 2.50. The molecule has 3 unspecified atom stereocenters. The Morgan fingerprint density at radius 1 is 1.18 bits per heavy atom. The van der Waals surface area contributed by atoms with E-state index in [0.717, 1.165) is 12.3 Å². The first-order valence-electron chi connectivity index (χ1n) is 4.42. The third-order valence-corrected chi connectivity index (χ3v) is 3.30. The first-order chi connectivity index (χ1) is 5.25. The predicted molar refractivity (Wildman–Crippen MR) is 39.0 cm³/mol. The minimum Gasteiger partial charge on any atom is -0.200 e. The van der Waals surface area contributed by atoms with E-state index in [1.807, 2.05) is 0 Å². The Hall–Kier alpha value is -0.140. The van der Waals surface area contributed by atoms with Gasteiger partial charge in [-0.2, -0.15) is 8.78 Å². The molecule has 2 heteroatoms. The highest BCUT2D eigenvalue weighted by Gasteiger charge is 2.40. The van der Waals surface area contributed by atoms with Crippen molar-refractivity contribution in [1.29, 1.82) is 0 Å². The van der Waals surface area contributed by atoms with Gasteiger partial charge in [-0.3, -0.25) is 0 Å². The maximum absolute atomic E-state index is 11.9. The Labute approximate surface area is 66.0 Å². The summed E-state index contributed by atoms with van der Waals surface area (Å²) >= 11 is 0. The number of hydrogen-bond donors (Lipinski definition) is 0. The van der Waals surface area contributed by atoms with Crippen LogP contribution in [0, 0.1) is 24.2 Å². The lowest BCUT2D eigenvalue weighted by Crippen LogP contribution is -2.11. The highest BCUT2D eigenvalue weighted by atomic mass is 19.3. The summed E-state index contributed by atoms with van der Waals surface area (Å²) in [6, 6.07) is 0. The van der Waals surface area contributed by atoms with E-state index in [4.69, 9.17) is 0 Å². The quantitative estimate of drug-likeness (QED) is 0.580. The van der Waals surface area contributed by atoms with Crippen molar-refractivity contribution in [3.05, 3.63) is 6.43 Å². The smallest absolute Gasteiger partial charge is 0.200 e. The van der Waals surface area contributed by atoms with E-state index in [2.05, 4.69) is 0 Å². The summed E-state index contributed by atoms with van der Waals surface area (Å²) in [4.78, 5) is 0. The average molecular weight is 159 g/mol. The van der Waals surface area contributed by atoms with Crippen LogP contribution in [0.15, 0.2) is 0 Å². The fourth-order valence-corrected chi connectivity index (χ4v) is 2.82. The molecule has 2 saturated carbocycles.